The Morgan fingerprint density at radius 3 is 2.57 bits per heavy atom. The van der Waals surface area contributed by atoms with Crippen molar-refractivity contribution in [3.8, 4) is 0 Å². The number of carbonyl (C=O) groups is 1. The molecule has 2 heterocycles. The second kappa shape index (κ2) is 4.30. The van der Waals surface area contributed by atoms with E-state index in [1.54, 1.807) is 0 Å². The first kappa shape index (κ1) is 9.97. The molecule has 0 bridgehead atoms. The van der Waals surface area contributed by atoms with E-state index in [4.69, 9.17) is 0 Å². The fourth-order valence-electron chi connectivity index (χ4n) is 2.49. The van der Waals surface area contributed by atoms with Gasteiger partial charge in [0.2, 0.25) is 5.91 Å². The maximum Gasteiger partial charge on any atom is 0.239 e. The van der Waals surface area contributed by atoms with Crippen LogP contribution in [0.4, 0.5) is 0 Å². The zero-order valence-electron chi connectivity index (χ0n) is 8.96. The molecule has 0 radical (unpaired) electrons. The lowest BCUT2D eigenvalue weighted by Crippen LogP contribution is -2.50. The summed E-state index contributed by atoms with van der Waals surface area (Å²) in [5, 5.41) is 3.40. The predicted octanol–water partition coefficient (Wildman–Crippen LogP) is 1.14. The summed E-state index contributed by atoms with van der Waals surface area (Å²) in [6, 6.07) is 0.622. The molecule has 0 spiro atoms. The van der Waals surface area contributed by atoms with Gasteiger partial charge in [0.1, 0.15) is 0 Å². The van der Waals surface area contributed by atoms with Crippen LogP contribution in [-0.2, 0) is 4.79 Å². The third kappa shape index (κ3) is 2.08. The van der Waals surface area contributed by atoms with Crippen molar-refractivity contribution in [3.05, 3.63) is 0 Å². The fraction of sp³-hybridized carbons (Fsp3) is 0.909. The van der Waals surface area contributed by atoms with Gasteiger partial charge < -0.3 is 10.2 Å². The third-order valence-electron chi connectivity index (χ3n) is 3.33. The molecule has 0 aromatic heterocycles. The normalized spacial score (nSPS) is 33.4. The van der Waals surface area contributed by atoms with Crippen molar-refractivity contribution in [1.29, 1.82) is 0 Å². The van der Waals surface area contributed by atoms with E-state index in [0.717, 1.165) is 19.5 Å². The summed E-state index contributed by atoms with van der Waals surface area (Å²) in [5.74, 6) is 0.342. The van der Waals surface area contributed by atoms with E-state index >= 15 is 0 Å². The Labute approximate surface area is 85.8 Å². The molecule has 0 aromatic rings. The first-order valence-corrected chi connectivity index (χ1v) is 5.82. The van der Waals surface area contributed by atoms with Crippen LogP contribution in [0.5, 0.6) is 0 Å². The quantitative estimate of drug-likeness (QED) is 0.682. The fourth-order valence-corrected chi connectivity index (χ4v) is 2.49. The van der Waals surface area contributed by atoms with E-state index in [1.165, 1.54) is 25.7 Å². The number of piperidine rings is 1. The minimum Gasteiger partial charge on any atom is -0.341 e. The molecule has 1 N–H and O–H groups in total. The topological polar surface area (TPSA) is 32.3 Å². The maximum absolute atomic E-state index is 12.0. The van der Waals surface area contributed by atoms with Crippen molar-refractivity contribution < 1.29 is 4.79 Å². The summed E-state index contributed by atoms with van der Waals surface area (Å²) in [7, 11) is 0. The van der Waals surface area contributed by atoms with Crippen molar-refractivity contribution in [2.45, 2.75) is 51.1 Å². The summed E-state index contributed by atoms with van der Waals surface area (Å²) in [6.45, 7) is 4.13. The van der Waals surface area contributed by atoms with Crippen LogP contribution in [0.15, 0.2) is 0 Å². The first-order valence-electron chi connectivity index (χ1n) is 5.82. The summed E-state index contributed by atoms with van der Waals surface area (Å²) < 4.78 is 0. The number of carbonyl (C=O) groups excluding carboxylic acids is 1. The third-order valence-corrected chi connectivity index (χ3v) is 3.33. The summed E-state index contributed by atoms with van der Waals surface area (Å²) in [6.07, 6.45) is 5.81. The largest absolute Gasteiger partial charge is 0.341 e. The minimum atomic E-state index is 0.108. The number of rotatable bonds is 1. The van der Waals surface area contributed by atoms with E-state index in [0.29, 0.717) is 11.9 Å². The highest BCUT2D eigenvalue weighted by Crippen LogP contribution is 2.16. The molecule has 2 aliphatic rings. The molecule has 14 heavy (non-hydrogen) atoms. The van der Waals surface area contributed by atoms with Crippen LogP contribution < -0.4 is 5.32 Å². The zero-order chi connectivity index (χ0) is 9.97. The lowest BCUT2D eigenvalue weighted by molar-refractivity contribution is -0.133. The SMILES string of the molecule is C[C@H]1CCC[C@H](C(=O)N2CCCC2)N1. The second-order valence-electron chi connectivity index (χ2n) is 4.58. The number of likely N-dealkylation sites (tertiary alicyclic amines) is 1. The van der Waals surface area contributed by atoms with Crippen LogP contribution in [0.1, 0.15) is 39.0 Å². The molecule has 2 atom stereocenters. The lowest BCUT2D eigenvalue weighted by Gasteiger charge is -2.30. The molecule has 2 fully saturated rings. The van der Waals surface area contributed by atoms with Crippen molar-refractivity contribution in [2.24, 2.45) is 0 Å². The van der Waals surface area contributed by atoms with Crippen LogP contribution in [0, 0.1) is 0 Å². The smallest absolute Gasteiger partial charge is 0.239 e. The number of nitrogens with zero attached hydrogens (tertiary/aromatic N) is 1. The Kier molecular flexibility index (Phi) is 3.06. The van der Waals surface area contributed by atoms with Gasteiger partial charge in [0.15, 0.2) is 0 Å². The lowest BCUT2D eigenvalue weighted by atomic mass is 9.99. The molecule has 3 nitrogen and oxygen atoms in total. The van der Waals surface area contributed by atoms with E-state index < -0.39 is 0 Å². The molecule has 2 aliphatic heterocycles. The minimum absolute atomic E-state index is 0.108. The highest BCUT2D eigenvalue weighted by molar-refractivity contribution is 5.82. The van der Waals surface area contributed by atoms with Crippen LogP contribution in [-0.4, -0.2) is 36.0 Å². The average Bonchev–Trinajstić information content (AvgIpc) is 2.69. The number of hydrogen-bond acceptors (Lipinski definition) is 2. The second-order valence-corrected chi connectivity index (χ2v) is 4.58. The van der Waals surface area contributed by atoms with Crippen LogP contribution in [0.3, 0.4) is 0 Å². The summed E-state index contributed by atoms with van der Waals surface area (Å²) >= 11 is 0. The van der Waals surface area contributed by atoms with Gasteiger partial charge in [-0.3, -0.25) is 4.79 Å². The van der Waals surface area contributed by atoms with Gasteiger partial charge in [-0.2, -0.15) is 0 Å². The standard InChI is InChI=1S/C11H20N2O/c1-9-5-4-6-10(12-9)11(14)13-7-2-3-8-13/h9-10,12H,2-8H2,1H3/t9-,10+/m0/s1. The van der Waals surface area contributed by atoms with Crippen molar-refractivity contribution in [2.75, 3.05) is 13.1 Å². The van der Waals surface area contributed by atoms with E-state index in [-0.39, 0.29) is 6.04 Å². The summed E-state index contributed by atoms with van der Waals surface area (Å²) in [4.78, 5) is 14.0. The van der Waals surface area contributed by atoms with Gasteiger partial charge in [-0.05, 0) is 39.0 Å². The molecule has 3 heteroatoms. The maximum atomic E-state index is 12.0. The van der Waals surface area contributed by atoms with Gasteiger partial charge in [0.25, 0.3) is 0 Å². The van der Waals surface area contributed by atoms with Crippen LogP contribution in [0.25, 0.3) is 0 Å². The molecule has 2 saturated heterocycles. The molecule has 2 rings (SSSR count). The van der Waals surface area contributed by atoms with Crippen LogP contribution in [0.2, 0.25) is 0 Å². The molecular weight excluding hydrogens is 176 g/mol. The van der Waals surface area contributed by atoms with Gasteiger partial charge in [-0.1, -0.05) is 0 Å². The van der Waals surface area contributed by atoms with Gasteiger partial charge in [-0.15, -0.1) is 0 Å². The number of hydrogen-bond donors (Lipinski definition) is 1. The van der Waals surface area contributed by atoms with E-state index in [1.807, 2.05) is 4.90 Å². The molecule has 0 aromatic carbocycles. The highest BCUT2D eigenvalue weighted by Gasteiger charge is 2.29. The molecule has 0 saturated carbocycles. The molecule has 0 unspecified atom stereocenters. The van der Waals surface area contributed by atoms with E-state index in [2.05, 4.69) is 12.2 Å². The Hall–Kier alpha value is -0.570. The van der Waals surface area contributed by atoms with Crippen molar-refractivity contribution in [1.82, 2.24) is 10.2 Å². The molecule has 1 amide bonds. The van der Waals surface area contributed by atoms with Gasteiger partial charge in [0.05, 0.1) is 6.04 Å². The Bertz CT molecular complexity index is 211. The van der Waals surface area contributed by atoms with Crippen molar-refractivity contribution >= 4 is 5.91 Å². The van der Waals surface area contributed by atoms with Gasteiger partial charge in [0, 0.05) is 19.1 Å². The average molecular weight is 196 g/mol. The Morgan fingerprint density at radius 2 is 1.93 bits per heavy atom. The van der Waals surface area contributed by atoms with E-state index in [9.17, 15) is 4.79 Å². The molecule has 80 valence electrons. The zero-order valence-corrected chi connectivity index (χ0v) is 8.96. The van der Waals surface area contributed by atoms with Gasteiger partial charge in [-0.25, -0.2) is 0 Å². The highest BCUT2D eigenvalue weighted by atomic mass is 16.2. The molecular formula is C11H20N2O. The first-order chi connectivity index (χ1) is 6.77. The van der Waals surface area contributed by atoms with Crippen LogP contribution >= 0.6 is 0 Å². The van der Waals surface area contributed by atoms with Crippen molar-refractivity contribution in [3.63, 3.8) is 0 Å². The number of nitrogens with one attached hydrogen (secondary N) is 1. The monoisotopic (exact) mass is 196 g/mol. The number of amides is 1. The Balaban J connectivity index is 1.89. The summed E-state index contributed by atoms with van der Waals surface area (Å²) in [5.41, 5.74) is 0. The Morgan fingerprint density at radius 1 is 1.21 bits per heavy atom. The molecule has 0 aliphatic carbocycles. The van der Waals surface area contributed by atoms with Gasteiger partial charge >= 0.3 is 0 Å². The predicted molar refractivity (Wildman–Crippen MR) is 56.1 cm³/mol.